The Kier molecular flexibility index (Phi) is 6.45. The minimum Gasteiger partial charge on any atom is -0.378 e. The van der Waals surface area contributed by atoms with Gasteiger partial charge >= 0.3 is 0 Å². The molecular formula is C12H25ClN2O2. The first-order chi connectivity index (χ1) is 7.30. The normalized spacial score (nSPS) is 26.9. The van der Waals surface area contributed by atoms with Crippen molar-refractivity contribution in [3.05, 3.63) is 0 Å². The first kappa shape index (κ1) is 16.7. The van der Waals surface area contributed by atoms with Crippen molar-refractivity contribution in [2.24, 2.45) is 11.1 Å². The molecule has 3 unspecified atom stereocenters. The lowest BCUT2D eigenvalue weighted by atomic mass is 9.83. The fourth-order valence-electron chi connectivity index (χ4n) is 1.86. The molecule has 102 valence electrons. The van der Waals surface area contributed by atoms with Crippen LogP contribution in [-0.4, -0.2) is 30.7 Å². The van der Waals surface area contributed by atoms with Crippen LogP contribution in [0.5, 0.6) is 0 Å². The first-order valence-corrected chi connectivity index (χ1v) is 5.98. The maximum Gasteiger partial charge on any atom is 0.236 e. The Morgan fingerprint density at radius 1 is 1.47 bits per heavy atom. The smallest absolute Gasteiger partial charge is 0.236 e. The molecule has 1 fully saturated rings. The van der Waals surface area contributed by atoms with Crippen molar-refractivity contribution < 1.29 is 9.53 Å². The van der Waals surface area contributed by atoms with Gasteiger partial charge in [-0.25, -0.2) is 0 Å². The van der Waals surface area contributed by atoms with Crippen LogP contribution in [0.3, 0.4) is 0 Å². The number of carbonyl (C=O) groups excluding carboxylic acids is 1. The highest BCUT2D eigenvalue weighted by Gasteiger charge is 2.32. The molecule has 0 radical (unpaired) electrons. The Hall–Kier alpha value is -0.320. The zero-order chi connectivity index (χ0) is 12.3. The Labute approximate surface area is 110 Å². The third-order valence-electron chi connectivity index (χ3n) is 3.01. The van der Waals surface area contributed by atoms with Crippen LogP contribution in [0, 0.1) is 5.41 Å². The molecule has 1 rings (SSSR count). The maximum atomic E-state index is 11.5. The van der Waals surface area contributed by atoms with Crippen LogP contribution in [-0.2, 0) is 9.53 Å². The number of carbonyl (C=O) groups is 1. The molecule has 1 saturated heterocycles. The zero-order valence-electron chi connectivity index (χ0n) is 11.2. The van der Waals surface area contributed by atoms with Gasteiger partial charge < -0.3 is 15.8 Å². The SMILES string of the molecule is CC(N)C(=O)NC1CCOC(C(C)(C)C)C1.Cl. The van der Waals surface area contributed by atoms with Crippen molar-refractivity contribution in [2.75, 3.05) is 6.61 Å². The van der Waals surface area contributed by atoms with Gasteiger partial charge in [0.1, 0.15) is 0 Å². The summed E-state index contributed by atoms with van der Waals surface area (Å²) in [5, 5.41) is 2.98. The second-order valence-corrected chi connectivity index (χ2v) is 5.74. The summed E-state index contributed by atoms with van der Waals surface area (Å²) in [5.74, 6) is -0.0699. The lowest BCUT2D eigenvalue weighted by molar-refractivity contribution is -0.124. The highest BCUT2D eigenvalue weighted by Crippen LogP contribution is 2.29. The van der Waals surface area contributed by atoms with Crippen molar-refractivity contribution in [1.82, 2.24) is 5.32 Å². The number of ether oxygens (including phenoxy) is 1. The number of halogens is 1. The molecule has 4 nitrogen and oxygen atoms in total. The van der Waals surface area contributed by atoms with Crippen LogP contribution in [0.15, 0.2) is 0 Å². The molecule has 0 saturated carbocycles. The molecule has 1 aliphatic heterocycles. The maximum absolute atomic E-state index is 11.5. The highest BCUT2D eigenvalue weighted by atomic mass is 35.5. The van der Waals surface area contributed by atoms with E-state index >= 15 is 0 Å². The van der Waals surface area contributed by atoms with Gasteiger partial charge in [0.2, 0.25) is 5.91 Å². The van der Waals surface area contributed by atoms with Gasteiger partial charge in [0, 0.05) is 12.6 Å². The van der Waals surface area contributed by atoms with Crippen LogP contribution < -0.4 is 11.1 Å². The third-order valence-corrected chi connectivity index (χ3v) is 3.01. The molecule has 0 aliphatic carbocycles. The number of hydrogen-bond donors (Lipinski definition) is 2. The number of nitrogens with one attached hydrogen (secondary N) is 1. The number of hydrogen-bond acceptors (Lipinski definition) is 3. The van der Waals surface area contributed by atoms with Gasteiger partial charge in [-0.05, 0) is 25.2 Å². The molecular weight excluding hydrogens is 240 g/mol. The van der Waals surface area contributed by atoms with E-state index in [1.165, 1.54) is 0 Å². The van der Waals surface area contributed by atoms with Gasteiger partial charge in [0.15, 0.2) is 0 Å². The Morgan fingerprint density at radius 2 is 2.06 bits per heavy atom. The van der Waals surface area contributed by atoms with E-state index in [4.69, 9.17) is 10.5 Å². The van der Waals surface area contributed by atoms with E-state index in [0.717, 1.165) is 12.8 Å². The predicted molar refractivity (Wildman–Crippen MR) is 71.3 cm³/mol. The molecule has 1 amide bonds. The summed E-state index contributed by atoms with van der Waals surface area (Å²) in [6.45, 7) is 8.90. The molecule has 1 aliphatic rings. The average Bonchev–Trinajstić information content (AvgIpc) is 2.16. The monoisotopic (exact) mass is 264 g/mol. The lowest BCUT2D eigenvalue weighted by Gasteiger charge is -2.38. The molecule has 0 aromatic heterocycles. The van der Waals surface area contributed by atoms with E-state index in [9.17, 15) is 4.79 Å². The van der Waals surface area contributed by atoms with Crippen LogP contribution in [0.1, 0.15) is 40.5 Å². The van der Waals surface area contributed by atoms with Crippen molar-refractivity contribution in [1.29, 1.82) is 0 Å². The lowest BCUT2D eigenvalue weighted by Crippen LogP contribution is -2.49. The molecule has 3 atom stereocenters. The summed E-state index contributed by atoms with van der Waals surface area (Å²) in [5.41, 5.74) is 5.65. The fraction of sp³-hybridized carbons (Fsp3) is 0.917. The molecule has 0 bridgehead atoms. The minimum absolute atomic E-state index is 0. The fourth-order valence-corrected chi connectivity index (χ4v) is 1.86. The van der Waals surface area contributed by atoms with Crippen LogP contribution in [0.4, 0.5) is 0 Å². The largest absolute Gasteiger partial charge is 0.378 e. The predicted octanol–water partition coefficient (Wildman–Crippen LogP) is 1.47. The summed E-state index contributed by atoms with van der Waals surface area (Å²) < 4.78 is 5.73. The molecule has 0 spiro atoms. The van der Waals surface area contributed by atoms with Crippen molar-refractivity contribution in [3.8, 4) is 0 Å². The summed E-state index contributed by atoms with van der Waals surface area (Å²) in [7, 11) is 0. The number of amides is 1. The first-order valence-electron chi connectivity index (χ1n) is 5.98. The summed E-state index contributed by atoms with van der Waals surface area (Å²) in [6.07, 6.45) is 1.96. The van der Waals surface area contributed by atoms with Gasteiger partial charge in [-0.15, -0.1) is 12.4 Å². The average molecular weight is 265 g/mol. The Morgan fingerprint density at radius 3 is 2.53 bits per heavy atom. The molecule has 5 heteroatoms. The van der Waals surface area contributed by atoms with E-state index in [2.05, 4.69) is 26.1 Å². The number of rotatable bonds is 2. The zero-order valence-corrected chi connectivity index (χ0v) is 12.0. The van der Waals surface area contributed by atoms with E-state index in [0.29, 0.717) is 6.61 Å². The second-order valence-electron chi connectivity index (χ2n) is 5.74. The molecule has 17 heavy (non-hydrogen) atoms. The van der Waals surface area contributed by atoms with Crippen molar-refractivity contribution in [2.45, 2.75) is 58.7 Å². The van der Waals surface area contributed by atoms with Crippen molar-refractivity contribution in [3.63, 3.8) is 0 Å². The molecule has 0 aromatic carbocycles. The summed E-state index contributed by atoms with van der Waals surface area (Å²) in [6, 6.07) is -0.229. The van der Waals surface area contributed by atoms with Gasteiger partial charge in [-0.2, -0.15) is 0 Å². The number of nitrogens with two attached hydrogens (primary N) is 1. The third kappa shape index (κ3) is 5.23. The summed E-state index contributed by atoms with van der Waals surface area (Å²) >= 11 is 0. The molecule has 0 aromatic rings. The van der Waals surface area contributed by atoms with E-state index in [1.807, 2.05) is 0 Å². The van der Waals surface area contributed by atoms with Crippen LogP contribution >= 0.6 is 12.4 Å². The minimum atomic E-state index is -0.434. The Balaban J connectivity index is 0.00000256. The van der Waals surface area contributed by atoms with Gasteiger partial charge in [0.05, 0.1) is 12.1 Å². The highest BCUT2D eigenvalue weighted by molar-refractivity contribution is 5.85. The van der Waals surface area contributed by atoms with E-state index in [-0.39, 0.29) is 35.9 Å². The molecule has 1 heterocycles. The topological polar surface area (TPSA) is 64.4 Å². The van der Waals surface area contributed by atoms with Gasteiger partial charge in [0.25, 0.3) is 0 Å². The van der Waals surface area contributed by atoms with Gasteiger partial charge in [-0.3, -0.25) is 4.79 Å². The van der Waals surface area contributed by atoms with Gasteiger partial charge in [-0.1, -0.05) is 20.8 Å². The second kappa shape index (κ2) is 6.57. The van der Waals surface area contributed by atoms with Crippen LogP contribution in [0.2, 0.25) is 0 Å². The Bertz CT molecular complexity index is 251. The van der Waals surface area contributed by atoms with Crippen LogP contribution in [0.25, 0.3) is 0 Å². The van der Waals surface area contributed by atoms with E-state index in [1.54, 1.807) is 6.92 Å². The quantitative estimate of drug-likeness (QED) is 0.794. The standard InChI is InChI=1S/C12H24N2O2.ClH/c1-8(13)11(15)14-9-5-6-16-10(7-9)12(2,3)4;/h8-10H,5-7,13H2,1-4H3,(H,14,15);1H. The van der Waals surface area contributed by atoms with E-state index < -0.39 is 6.04 Å². The van der Waals surface area contributed by atoms with Crippen molar-refractivity contribution >= 4 is 18.3 Å². The molecule has 3 N–H and O–H groups in total. The summed E-state index contributed by atoms with van der Waals surface area (Å²) in [4.78, 5) is 11.5.